The average molecular weight is 259 g/mol. The molecule has 4 heteroatoms. The van der Waals surface area contributed by atoms with Gasteiger partial charge in [-0.1, -0.05) is 19.9 Å². The van der Waals surface area contributed by atoms with Crippen molar-refractivity contribution >= 4 is 0 Å². The largest absolute Gasteiger partial charge is 0.385 e. The highest BCUT2D eigenvalue weighted by atomic mass is 16.3. The third-order valence-electron chi connectivity index (χ3n) is 3.27. The second kappa shape index (κ2) is 5.13. The van der Waals surface area contributed by atoms with Gasteiger partial charge in [0.25, 0.3) is 0 Å². The first kappa shape index (κ1) is 13.7. The number of aliphatic hydroxyl groups is 1. The lowest BCUT2D eigenvalue weighted by Crippen LogP contribution is -2.06. The molecule has 1 atom stereocenters. The van der Waals surface area contributed by atoms with Crippen molar-refractivity contribution in [2.75, 3.05) is 0 Å². The van der Waals surface area contributed by atoms with Crippen molar-refractivity contribution in [1.29, 1.82) is 0 Å². The van der Waals surface area contributed by atoms with Gasteiger partial charge in [0.05, 0.1) is 5.69 Å². The first-order valence-electron chi connectivity index (χ1n) is 6.62. The Morgan fingerprint density at radius 3 is 2.32 bits per heavy atom. The zero-order valence-electron chi connectivity index (χ0n) is 12.2. The maximum absolute atomic E-state index is 9.86. The molecular formula is C15H21N3O. The van der Waals surface area contributed by atoms with Crippen molar-refractivity contribution < 1.29 is 5.11 Å². The van der Waals surface area contributed by atoms with Crippen molar-refractivity contribution in [3.63, 3.8) is 0 Å². The van der Waals surface area contributed by atoms with Crippen LogP contribution in [0.5, 0.6) is 0 Å². The van der Waals surface area contributed by atoms with Crippen molar-refractivity contribution in [1.82, 2.24) is 14.8 Å². The molecule has 0 radical (unpaired) electrons. The molecule has 102 valence electrons. The van der Waals surface area contributed by atoms with Gasteiger partial charge in [-0.05, 0) is 44.0 Å². The molecule has 2 rings (SSSR count). The first-order chi connectivity index (χ1) is 8.90. The van der Waals surface area contributed by atoms with E-state index in [0.29, 0.717) is 5.82 Å². The molecule has 0 amide bonds. The minimum absolute atomic E-state index is 0.241. The number of hydrogen-bond acceptors (Lipinski definition) is 3. The van der Waals surface area contributed by atoms with E-state index in [0.717, 1.165) is 11.5 Å². The van der Waals surface area contributed by atoms with E-state index in [9.17, 15) is 5.11 Å². The van der Waals surface area contributed by atoms with Crippen LogP contribution in [-0.4, -0.2) is 19.9 Å². The maximum Gasteiger partial charge on any atom is 0.160 e. The van der Waals surface area contributed by atoms with Crippen LogP contribution in [0, 0.1) is 13.8 Å². The first-order valence-corrected chi connectivity index (χ1v) is 6.62. The third-order valence-corrected chi connectivity index (χ3v) is 3.27. The summed E-state index contributed by atoms with van der Waals surface area (Å²) in [6, 6.07) is 6.14. The van der Waals surface area contributed by atoms with E-state index in [4.69, 9.17) is 0 Å². The molecule has 0 aliphatic heterocycles. The maximum atomic E-state index is 9.86. The lowest BCUT2D eigenvalue weighted by atomic mass is 10.1. The molecule has 0 unspecified atom stereocenters. The molecule has 0 aliphatic rings. The van der Waals surface area contributed by atoms with Crippen molar-refractivity contribution in [2.24, 2.45) is 0 Å². The zero-order valence-corrected chi connectivity index (χ0v) is 12.2. The summed E-state index contributed by atoms with van der Waals surface area (Å²) in [6.07, 6.45) is -0.637. The Balaban J connectivity index is 2.56. The van der Waals surface area contributed by atoms with Crippen LogP contribution in [0.1, 0.15) is 55.6 Å². The van der Waals surface area contributed by atoms with Gasteiger partial charge >= 0.3 is 0 Å². The molecule has 1 aromatic heterocycles. The molecule has 0 aliphatic carbocycles. The highest BCUT2D eigenvalue weighted by Crippen LogP contribution is 2.21. The van der Waals surface area contributed by atoms with E-state index in [1.54, 1.807) is 11.6 Å². The smallest absolute Gasteiger partial charge is 0.160 e. The lowest BCUT2D eigenvalue weighted by molar-refractivity contribution is 0.186. The number of aryl methyl sites for hydroxylation is 2. The van der Waals surface area contributed by atoms with E-state index in [1.807, 2.05) is 19.9 Å². The van der Waals surface area contributed by atoms with E-state index in [-0.39, 0.29) is 5.92 Å². The third kappa shape index (κ3) is 2.68. The quantitative estimate of drug-likeness (QED) is 0.921. The number of nitrogens with zero attached hydrogens (tertiary/aromatic N) is 3. The highest BCUT2D eigenvalue weighted by Gasteiger charge is 2.17. The lowest BCUT2D eigenvalue weighted by Gasteiger charge is -2.09. The number of rotatable bonds is 3. The summed E-state index contributed by atoms with van der Waals surface area (Å²) in [6.45, 7) is 9.96. The molecule has 1 heterocycles. The molecule has 0 spiro atoms. The fourth-order valence-corrected chi connectivity index (χ4v) is 1.90. The van der Waals surface area contributed by atoms with Crippen molar-refractivity contribution in [2.45, 2.75) is 46.6 Å². The van der Waals surface area contributed by atoms with Gasteiger partial charge in [0.2, 0.25) is 0 Å². The van der Waals surface area contributed by atoms with E-state index in [1.165, 1.54) is 11.1 Å². The molecule has 4 nitrogen and oxygen atoms in total. The van der Waals surface area contributed by atoms with Crippen LogP contribution in [0.15, 0.2) is 18.2 Å². The molecule has 1 aromatic carbocycles. The Bertz CT molecular complexity index is 585. The zero-order chi connectivity index (χ0) is 14.2. The van der Waals surface area contributed by atoms with Crippen LogP contribution >= 0.6 is 0 Å². The summed E-state index contributed by atoms with van der Waals surface area (Å²) in [5.74, 6) is 1.59. The van der Waals surface area contributed by atoms with Crippen LogP contribution < -0.4 is 0 Å². The summed E-state index contributed by atoms with van der Waals surface area (Å²) in [5.41, 5.74) is 3.39. The summed E-state index contributed by atoms with van der Waals surface area (Å²) in [7, 11) is 0. The second-order valence-electron chi connectivity index (χ2n) is 5.34. The van der Waals surface area contributed by atoms with Gasteiger partial charge in [-0.3, -0.25) is 0 Å². The number of hydrogen-bond donors (Lipinski definition) is 1. The Labute approximate surface area is 114 Å². The normalized spacial score (nSPS) is 13.0. The number of aromatic nitrogens is 3. The van der Waals surface area contributed by atoms with Crippen LogP contribution in [0.25, 0.3) is 5.69 Å². The van der Waals surface area contributed by atoms with Gasteiger partial charge in [0, 0.05) is 5.92 Å². The molecule has 2 aromatic rings. The Kier molecular flexibility index (Phi) is 3.71. The van der Waals surface area contributed by atoms with Gasteiger partial charge in [-0.25, -0.2) is 9.67 Å². The van der Waals surface area contributed by atoms with E-state index < -0.39 is 6.10 Å². The predicted molar refractivity (Wildman–Crippen MR) is 75.6 cm³/mol. The SMILES string of the molecule is Cc1ccc(-n2nc(C(C)C)nc2[C@H](C)O)cc1C. The van der Waals surface area contributed by atoms with Gasteiger partial charge in [0.1, 0.15) is 6.10 Å². The summed E-state index contributed by atoms with van der Waals surface area (Å²) >= 11 is 0. The monoisotopic (exact) mass is 259 g/mol. The van der Waals surface area contributed by atoms with Crippen molar-refractivity contribution in [3.8, 4) is 5.69 Å². The summed E-state index contributed by atoms with van der Waals surface area (Å²) < 4.78 is 1.74. The Morgan fingerprint density at radius 2 is 1.79 bits per heavy atom. The van der Waals surface area contributed by atoms with Crippen LogP contribution in [0.3, 0.4) is 0 Å². The molecular weight excluding hydrogens is 238 g/mol. The van der Waals surface area contributed by atoms with Gasteiger partial charge < -0.3 is 5.11 Å². The van der Waals surface area contributed by atoms with Gasteiger partial charge in [-0.2, -0.15) is 5.10 Å². The average Bonchev–Trinajstić information content (AvgIpc) is 2.78. The number of aliphatic hydroxyl groups excluding tert-OH is 1. The fourth-order valence-electron chi connectivity index (χ4n) is 1.90. The number of benzene rings is 1. The Morgan fingerprint density at radius 1 is 1.11 bits per heavy atom. The van der Waals surface area contributed by atoms with E-state index >= 15 is 0 Å². The molecule has 0 saturated carbocycles. The fraction of sp³-hybridized carbons (Fsp3) is 0.467. The summed E-state index contributed by atoms with van der Waals surface area (Å²) in [5, 5.41) is 14.4. The highest BCUT2D eigenvalue weighted by molar-refractivity contribution is 5.39. The van der Waals surface area contributed by atoms with Gasteiger partial charge in [-0.15, -0.1) is 0 Å². The van der Waals surface area contributed by atoms with Crippen LogP contribution in [0.2, 0.25) is 0 Å². The topological polar surface area (TPSA) is 50.9 Å². The molecule has 0 saturated heterocycles. The van der Waals surface area contributed by atoms with Crippen molar-refractivity contribution in [3.05, 3.63) is 41.0 Å². The Hall–Kier alpha value is -1.68. The van der Waals surface area contributed by atoms with Crippen LogP contribution in [0.4, 0.5) is 0 Å². The molecule has 1 N–H and O–H groups in total. The molecule has 0 bridgehead atoms. The van der Waals surface area contributed by atoms with Gasteiger partial charge in [0.15, 0.2) is 11.6 Å². The van der Waals surface area contributed by atoms with E-state index in [2.05, 4.69) is 36.1 Å². The minimum Gasteiger partial charge on any atom is -0.385 e. The second-order valence-corrected chi connectivity index (χ2v) is 5.34. The summed E-state index contributed by atoms with van der Waals surface area (Å²) in [4.78, 5) is 4.44. The predicted octanol–water partition coefficient (Wildman–Crippen LogP) is 3.06. The van der Waals surface area contributed by atoms with Crippen LogP contribution in [-0.2, 0) is 0 Å². The standard InChI is InChI=1S/C15H21N3O/c1-9(2)14-16-15(12(5)19)18(17-14)13-7-6-10(3)11(4)8-13/h6-9,12,19H,1-5H3/t12-/m0/s1. The molecule has 19 heavy (non-hydrogen) atoms. The molecule has 0 fully saturated rings. The minimum atomic E-state index is -0.637.